The van der Waals surface area contributed by atoms with Gasteiger partial charge in [0.25, 0.3) is 0 Å². The van der Waals surface area contributed by atoms with E-state index >= 15 is 0 Å². The van der Waals surface area contributed by atoms with Gasteiger partial charge in [0.1, 0.15) is 5.82 Å². The van der Waals surface area contributed by atoms with E-state index in [2.05, 4.69) is 4.98 Å². The van der Waals surface area contributed by atoms with Crippen molar-refractivity contribution in [2.24, 2.45) is 5.73 Å². The van der Waals surface area contributed by atoms with Gasteiger partial charge in [-0.1, -0.05) is 6.07 Å². The van der Waals surface area contributed by atoms with Crippen molar-refractivity contribution < 1.29 is 19.6 Å². The molecular formula is C16H17BN4O4. The fourth-order valence-corrected chi connectivity index (χ4v) is 2.89. The van der Waals surface area contributed by atoms with Crippen LogP contribution in [0.15, 0.2) is 36.5 Å². The zero-order valence-corrected chi connectivity index (χ0v) is 13.6. The second kappa shape index (κ2) is 6.54. The summed E-state index contributed by atoms with van der Waals surface area (Å²) in [5.74, 6) is -0.184. The van der Waals surface area contributed by atoms with Gasteiger partial charge >= 0.3 is 13.1 Å². The molecule has 4 N–H and O–H groups in total. The Morgan fingerprint density at radius 3 is 2.64 bits per heavy atom. The zero-order valence-electron chi connectivity index (χ0n) is 13.6. The molecule has 0 bridgehead atoms. The highest BCUT2D eigenvalue weighted by Gasteiger charge is 2.33. The second-order valence-electron chi connectivity index (χ2n) is 5.72. The highest BCUT2D eigenvalue weighted by Crippen LogP contribution is 2.26. The quantitative estimate of drug-likeness (QED) is 0.655. The first-order valence-electron chi connectivity index (χ1n) is 7.70. The number of carbonyl (C=O) groups is 2. The molecule has 0 spiro atoms. The van der Waals surface area contributed by atoms with E-state index in [1.807, 2.05) is 0 Å². The number of aromatic nitrogens is 1. The maximum absolute atomic E-state index is 12.8. The lowest BCUT2D eigenvalue weighted by atomic mass is 9.78. The summed E-state index contributed by atoms with van der Waals surface area (Å²) >= 11 is 0. The number of pyridine rings is 1. The minimum absolute atomic E-state index is 0.298. The largest absolute Gasteiger partial charge is 0.488 e. The lowest BCUT2D eigenvalue weighted by Gasteiger charge is -2.20. The molecule has 1 aliphatic rings. The minimum atomic E-state index is -1.64. The molecule has 0 aliphatic carbocycles. The molecule has 0 atom stereocenters. The van der Waals surface area contributed by atoms with E-state index in [0.717, 1.165) is 0 Å². The monoisotopic (exact) mass is 340 g/mol. The highest BCUT2D eigenvalue weighted by molar-refractivity contribution is 6.59. The van der Waals surface area contributed by atoms with Crippen LogP contribution in [0.25, 0.3) is 0 Å². The third-order valence-electron chi connectivity index (χ3n) is 4.20. The van der Waals surface area contributed by atoms with Crippen LogP contribution in [0.2, 0.25) is 0 Å². The molecule has 1 aromatic heterocycles. The number of hydrogen-bond donors (Lipinski definition) is 3. The van der Waals surface area contributed by atoms with Gasteiger partial charge in [0.2, 0.25) is 5.91 Å². The summed E-state index contributed by atoms with van der Waals surface area (Å²) in [5, 5.41) is 18.8. The Balaban J connectivity index is 1.92. The number of amides is 3. The number of rotatable bonds is 4. The highest BCUT2D eigenvalue weighted by atomic mass is 16.4. The maximum Gasteiger partial charge on any atom is 0.488 e. The molecule has 25 heavy (non-hydrogen) atoms. The first-order chi connectivity index (χ1) is 11.9. The Kier molecular flexibility index (Phi) is 4.43. The summed E-state index contributed by atoms with van der Waals surface area (Å²) in [6, 6.07) is 7.74. The average Bonchev–Trinajstić information content (AvgIpc) is 2.96. The second-order valence-corrected chi connectivity index (χ2v) is 5.72. The molecule has 1 saturated heterocycles. The maximum atomic E-state index is 12.8. The summed E-state index contributed by atoms with van der Waals surface area (Å²) in [6.07, 6.45) is 1.43. The number of nitrogens with zero attached hydrogens (tertiary/aromatic N) is 3. The number of benzene rings is 1. The van der Waals surface area contributed by atoms with E-state index in [9.17, 15) is 19.6 Å². The molecule has 8 nitrogen and oxygen atoms in total. The standard InChI is InChI=1S/C16H17BN4O4/c1-10-13(17(24)25)5-6-19-15(10)21-8-7-20(16(21)23)12-4-2-3-11(9-12)14(18)22/h2-6,9,24-25H,7-8H2,1H3,(H2,18,22). The van der Waals surface area contributed by atoms with Crippen LogP contribution >= 0.6 is 0 Å². The molecule has 0 unspecified atom stereocenters. The number of anilines is 2. The molecule has 1 fully saturated rings. The number of carbonyl (C=O) groups excluding carboxylic acids is 2. The summed E-state index contributed by atoms with van der Waals surface area (Å²) < 4.78 is 0. The first-order valence-corrected chi connectivity index (χ1v) is 7.70. The Morgan fingerprint density at radius 2 is 1.96 bits per heavy atom. The van der Waals surface area contributed by atoms with Crippen LogP contribution in [0.4, 0.5) is 16.3 Å². The van der Waals surface area contributed by atoms with Gasteiger partial charge in [-0.3, -0.25) is 14.6 Å². The van der Waals surface area contributed by atoms with E-state index < -0.39 is 13.0 Å². The van der Waals surface area contributed by atoms with E-state index in [4.69, 9.17) is 5.73 Å². The van der Waals surface area contributed by atoms with Crippen LogP contribution in [-0.4, -0.2) is 47.2 Å². The van der Waals surface area contributed by atoms with E-state index in [1.54, 1.807) is 31.2 Å². The molecule has 9 heteroatoms. The molecule has 2 heterocycles. The van der Waals surface area contributed by atoms with Crippen LogP contribution < -0.4 is 21.0 Å². The molecule has 3 amide bonds. The van der Waals surface area contributed by atoms with Crippen LogP contribution in [0.3, 0.4) is 0 Å². The van der Waals surface area contributed by atoms with Crippen molar-refractivity contribution in [3.8, 4) is 0 Å². The first kappa shape index (κ1) is 16.9. The van der Waals surface area contributed by atoms with Crippen molar-refractivity contribution in [2.45, 2.75) is 6.92 Å². The van der Waals surface area contributed by atoms with Crippen molar-refractivity contribution in [1.29, 1.82) is 0 Å². The predicted octanol–water partition coefficient (Wildman–Crippen LogP) is -0.385. The van der Waals surface area contributed by atoms with Gasteiger partial charge in [-0.2, -0.15) is 0 Å². The summed E-state index contributed by atoms with van der Waals surface area (Å²) in [4.78, 5) is 31.3. The number of hydrogen-bond acceptors (Lipinski definition) is 5. The fraction of sp³-hybridized carbons (Fsp3) is 0.188. The van der Waals surface area contributed by atoms with Gasteiger partial charge in [0.15, 0.2) is 0 Å². The molecule has 3 rings (SSSR count). The van der Waals surface area contributed by atoms with Gasteiger partial charge in [-0.15, -0.1) is 0 Å². The van der Waals surface area contributed by atoms with E-state index in [-0.39, 0.29) is 6.03 Å². The SMILES string of the molecule is Cc1c(B(O)O)ccnc1N1CCN(c2cccc(C(N)=O)c2)C1=O. The normalized spacial score (nSPS) is 14.1. The van der Waals surface area contributed by atoms with Crippen LogP contribution in [0.1, 0.15) is 15.9 Å². The fourth-order valence-electron chi connectivity index (χ4n) is 2.89. The Morgan fingerprint density at radius 1 is 1.24 bits per heavy atom. The van der Waals surface area contributed by atoms with Crippen LogP contribution in [-0.2, 0) is 0 Å². The number of urea groups is 1. The zero-order chi connectivity index (χ0) is 18.1. The van der Waals surface area contributed by atoms with Crippen molar-refractivity contribution >= 4 is 36.0 Å². The topological polar surface area (TPSA) is 120 Å². The molecule has 1 aliphatic heterocycles. The molecule has 128 valence electrons. The summed E-state index contributed by atoms with van der Waals surface area (Å²) in [6.45, 7) is 2.48. The predicted molar refractivity (Wildman–Crippen MR) is 93.8 cm³/mol. The molecule has 0 saturated carbocycles. The van der Waals surface area contributed by atoms with Crippen LogP contribution in [0, 0.1) is 6.92 Å². The third-order valence-corrected chi connectivity index (χ3v) is 4.20. The minimum Gasteiger partial charge on any atom is -0.423 e. The van der Waals surface area contributed by atoms with Crippen LogP contribution in [0.5, 0.6) is 0 Å². The molecule has 2 aromatic rings. The molecular weight excluding hydrogens is 323 g/mol. The number of nitrogens with two attached hydrogens (primary N) is 1. The summed E-state index contributed by atoms with van der Waals surface area (Å²) in [7, 11) is -1.64. The van der Waals surface area contributed by atoms with E-state index in [1.165, 1.54) is 22.1 Å². The van der Waals surface area contributed by atoms with Crippen molar-refractivity contribution in [2.75, 3.05) is 22.9 Å². The lowest BCUT2D eigenvalue weighted by molar-refractivity contribution is 0.1000. The van der Waals surface area contributed by atoms with Gasteiger partial charge in [0.05, 0.1) is 0 Å². The van der Waals surface area contributed by atoms with Gasteiger partial charge < -0.3 is 15.8 Å². The lowest BCUT2D eigenvalue weighted by Crippen LogP contribution is -2.37. The molecule has 0 radical (unpaired) electrons. The van der Waals surface area contributed by atoms with Gasteiger partial charge in [-0.25, -0.2) is 9.78 Å². The van der Waals surface area contributed by atoms with Crippen molar-refractivity contribution in [1.82, 2.24) is 4.98 Å². The molecule has 1 aromatic carbocycles. The Hall–Kier alpha value is -2.91. The van der Waals surface area contributed by atoms with Gasteiger partial charge in [-0.05, 0) is 42.2 Å². The smallest absolute Gasteiger partial charge is 0.423 e. The average molecular weight is 340 g/mol. The Labute approximate surface area is 144 Å². The van der Waals surface area contributed by atoms with Gasteiger partial charge in [0, 0.05) is 30.5 Å². The van der Waals surface area contributed by atoms with Crippen molar-refractivity contribution in [3.05, 3.63) is 47.7 Å². The Bertz CT molecular complexity index is 843. The van der Waals surface area contributed by atoms with Crippen molar-refractivity contribution in [3.63, 3.8) is 0 Å². The number of primary amides is 1. The summed E-state index contributed by atoms with van der Waals surface area (Å²) in [5.41, 5.74) is 7.01. The van der Waals surface area contributed by atoms with E-state index in [0.29, 0.717) is 41.2 Å². The third kappa shape index (κ3) is 3.06.